The third-order valence-corrected chi connectivity index (χ3v) is 4.30. The molecule has 0 bridgehead atoms. The van der Waals surface area contributed by atoms with Crippen LogP contribution in [0.4, 0.5) is 5.95 Å². The Kier molecular flexibility index (Phi) is 3.82. The average Bonchev–Trinajstić information content (AvgIpc) is 3.01. The molecule has 0 radical (unpaired) electrons. The molecule has 1 aliphatic rings. The molecule has 3 heterocycles. The lowest BCUT2D eigenvalue weighted by atomic mass is 9.99. The number of ether oxygens (including phenoxy) is 1. The lowest BCUT2D eigenvalue weighted by Gasteiger charge is -2.25. The normalized spacial score (nSPS) is 30.3. The van der Waals surface area contributed by atoms with Gasteiger partial charge in [-0.3, -0.25) is 9.78 Å². The molecule has 122 valence electrons. The second-order valence-electron chi connectivity index (χ2n) is 5.21. The number of halogens is 1. The number of aromatic amines is 1. The first-order valence-corrected chi connectivity index (χ1v) is 7.23. The van der Waals surface area contributed by atoms with Crippen LogP contribution in [0.3, 0.4) is 0 Å². The summed E-state index contributed by atoms with van der Waals surface area (Å²) in [6.45, 7) is 1.15. The van der Waals surface area contributed by atoms with Gasteiger partial charge in [-0.25, -0.2) is 0 Å². The third kappa shape index (κ3) is 2.29. The first-order chi connectivity index (χ1) is 10.9. The molecule has 2 aromatic rings. The van der Waals surface area contributed by atoms with Crippen molar-refractivity contribution in [3.05, 3.63) is 22.6 Å². The van der Waals surface area contributed by atoms with Crippen molar-refractivity contribution >= 4 is 28.6 Å². The Balaban J connectivity index is 2.20. The summed E-state index contributed by atoms with van der Waals surface area (Å²) in [7, 11) is 0. The van der Waals surface area contributed by atoms with Crippen LogP contribution in [0.1, 0.15) is 13.2 Å². The second-order valence-corrected chi connectivity index (χ2v) is 5.83. The van der Waals surface area contributed by atoms with Gasteiger partial charge in [0.25, 0.3) is 5.56 Å². The number of nitrogens with zero attached hydrogens (tertiary/aromatic N) is 2. The standard InChI is InChI=1S/C14H15ClN4O4/c1-2-4-14(15)9(21)8(6-20)23-12(14)19-5-3-7-10(19)17-13(16)18-11(7)22/h3,5,8-9,12,20-21H,6H2,1H3,(H3,16,17,18,22). The third-order valence-electron chi connectivity index (χ3n) is 3.79. The number of rotatable bonds is 2. The number of H-pyrrole nitrogens is 1. The number of aliphatic hydroxyl groups excluding tert-OH is 2. The zero-order chi connectivity index (χ0) is 16.8. The maximum Gasteiger partial charge on any atom is 0.261 e. The number of nitrogens with two attached hydrogens (primary N) is 1. The number of hydrogen-bond acceptors (Lipinski definition) is 6. The number of nitrogens with one attached hydrogen (secondary N) is 1. The molecule has 9 heteroatoms. The topological polar surface area (TPSA) is 126 Å². The van der Waals surface area contributed by atoms with Crippen LogP contribution in [0, 0.1) is 11.8 Å². The Bertz CT molecular complexity index is 867. The van der Waals surface area contributed by atoms with Gasteiger partial charge in [0.1, 0.15) is 12.2 Å². The highest BCUT2D eigenvalue weighted by Crippen LogP contribution is 2.44. The molecule has 0 amide bonds. The van der Waals surface area contributed by atoms with Gasteiger partial charge < -0.3 is 25.3 Å². The van der Waals surface area contributed by atoms with Crippen molar-refractivity contribution in [1.82, 2.24) is 14.5 Å². The largest absolute Gasteiger partial charge is 0.394 e. The minimum atomic E-state index is -1.49. The minimum Gasteiger partial charge on any atom is -0.394 e. The summed E-state index contributed by atoms with van der Waals surface area (Å²) >= 11 is 6.51. The summed E-state index contributed by atoms with van der Waals surface area (Å²) in [5.74, 6) is 5.33. The van der Waals surface area contributed by atoms with Crippen molar-refractivity contribution < 1.29 is 14.9 Å². The van der Waals surface area contributed by atoms with Gasteiger partial charge in [-0.15, -0.1) is 5.92 Å². The molecule has 1 saturated heterocycles. The molecule has 0 aromatic carbocycles. The van der Waals surface area contributed by atoms with Gasteiger partial charge in [-0.05, 0) is 13.0 Å². The van der Waals surface area contributed by atoms with E-state index in [4.69, 9.17) is 22.1 Å². The fourth-order valence-corrected chi connectivity index (χ4v) is 3.13. The number of aromatic nitrogens is 3. The van der Waals surface area contributed by atoms with Crippen LogP contribution in [-0.2, 0) is 4.74 Å². The van der Waals surface area contributed by atoms with Crippen molar-refractivity contribution in [2.24, 2.45) is 0 Å². The van der Waals surface area contributed by atoms with Gasteiger partial charge in [-0.2, -0.15) is 4.98 Å². The average molecular weight is 339 g/mol. The lowest BCUT2D eigenvalue weighted by Crippen LogP contribution is -2.41. The predicted molar refractivity (Wildman–Crippen MR) is 83.8 cm³/mol. The van der Waals surface area contributed by atoms with E-state index in [9.17, 15) is 15.0 Å². The fraction of sp³-hybridized carbons (Fsp3) is 0.429. The van der Waals surface area contributed by atoms with E-state index in [-0.39, 0.29) is 11.6 Å². The van der Waals surface area contributed by atoms with Crippen molar-refractivity contribution in [3.8, 4) is 11.8 Å². The van der Waals surface area contributed by atoms with E-state index in [1.165, 1.54) is 4.57 Å². The Morgan fingerprint density at radius 3 is 3.04 bits per heavy atom. The van der Waals surface area contributed by atoms with Crippen LogP contribution in [0.5, 0.6) is 0 Å². The molecule has 5 N–H and O–H groups in total. The number of nitrogen functional groups attached to an aromatic ring is 1. The minimum absolute atomic E-state index is 0.0542. The fourth-order valence-electron chi connectivity index (χ4n) is 2.74. The van der Waals surface area contributed by atoms with Gasteiger partial charge in [-0.1, -0.05) is 17.5 Å². The molecule has 1 aliphatic heterocycles. The Labute approximate surface area is 135 Å². The van der Waals surface area contributed by atoms with Gasteiger partial charge in [0.15, 0.2) is 16.7 Å². The highest BCUT2D eigenvalue weighted by atomic mass is 35.5. The summed E-state index contributed by atoms with van der Waals surface area (Å²) in [5, 5.41) is 20.0. The van der Waals surface area contributed by atoms with Crippen LogP contribution >= 0.6 is 11.6 Å². The van der Waals surface area contributed by atoms with E-state index >= 15 is 0 Å². The van der Waals surface area contributed by atoms with Crippen molar-refractivity contribution in [3.63, 3.8) is 0 Å². The maximum absolute atomic E-state index is 11.9. The molecule has 23 heavy (non-hydrogen) atoms. The van der Waals surface area contributed by atoms with Crippen LogP contribution in [0.15, 0.2) is 17.1 Å². The monoisotopic (exact) mass is 338 g/mol. The number of aliphatic hydroxyl groups is 2. The van der Waals surface area contributed by atoms with E-state index < -0.39 is 35.5 Å². The van der Waals surface area contributed by atoms with Gasteiger partial charge in [0.2, 0.25) is 5.95 Å². The summed E-state index contributed by atoms with van der Waals surface area (Å²) < 4.78 is 7.14. The Morgan fingerprint density at radius 2 is 2.39 bits per heavy atom. The maximum atomic E-state index is 11.9. The molecule has 4 atom stereocenters. The zero-order valence-electron chi connectivity index (χ0n) is 12.2. The van der Waals surface area contributed by atoms with Gasteiger partial charge in [0.05, 0.1) is 12.0 Å². The second kappa shape index (κ2) is 5.54. The molecule has 0 spiro atoms. The van der Waals surface area contributed by atoms with E-state index in [0.29, 0.717) is 5.39 Å². The van der Waals surface area contributed by atoms with Crippen molar-refractivity contribution in [1.29, 1.82) is 0 Å². The Morgan fingerprint density at radius 1 is 1.65 bits per heavy atom. The number of alkyl halides is 1. The van der Waals surface area contributed by atoms with E-state index in [2.05, 4.69) is 21.8 Å². The summed E-state index contributed by atoms with van der Waals surface area (Å²) in [5.41, 5.74) is 5.44. The first kappa shape index (κ1) is 15.8. The molecular weight excluding hydrogens is 324 g/mol. The first-order valence-electron chi connectivity index (χ1n) is 6.86. The molecule has 8 nitrogen and oxygen atoms in total. The molecule has 1 fully saturated rings. The van der Waals surface area contributed by atoms with Gasteiger partial charge in [0, 0.05) is 6.20 Å². The molecule has 3 rings (SSSR count). The lowest BCUT2D eigenvalue weighted by molar-refractivity contribution is -0.0435. The Hall–Kier alpha value is -2.05. The molecule has 0 saturated carbocycles. The van der Waals surface area contributed by atoms with Gasteiger partial charge >= 0.3 is 0 Å². The van der Waals surface area contributed by atoms with Crippen molar-refractivity contribution in [2.45, 2.75) is 30.2 Å². The van der Waals surface area contributed by atoms with Crippen LogP contribution < -0.4 is 11.3 Å². The number of fused-ring (bicyclic) bond motifs is 1. The smallest absolute Gasteiger partial charge is 0.261 e. The number of anilines is 1. The van der Waals surface area contributed by atoms with Crippen LogP contribution in [-0.4, -0.2) is 48.4 Å². The van der Waals surface area contributed by atoms with E-state index in [1.54, 1.807) is 19.2 Å². The van der Waals surface area contributed by atoms with E-state index in [0.717, 1.165) is 0 Å². The molecular formula is C14H15ClN4O4. The summed E-state index contributed by atoms with van der Waals surface area (Å²) in [6, 6.07) is 1.54. The van der Waals surface area contributed by atoms with Crippen LogP contribution in [0.25, 0.3) is 11.0 Å². The summed E-state index contributed by atoms with van der Waals surface area (Å²) in [6.07, 6.45) is -1.52. The molecule has 2 aromatic heterocycles. The molecule has 4 unspecified atom stereocenters. The highest BCUT2D eigenvalue weighted by molar-refractivity contribution is 6.27. The number of hydrogen-bond donors (Lipinski definition) is 4. The predicted octanol–water partition coefficient (Wildman–Crippen LogP) is -0.442. The molecule has 0 aliphatic carbocycles. The zero-order valence-corrected chi connectivity index (χ0v) is 12.9. The summed E-state index contributed by atoms with van der Waals surface area (Å²) in [4.78, 5) is 16.9. The SMILES string of the molecule is CC#CC1(Cl)C(O)C(CO)OC1n1ccc2c(=O)[nH]c(N)nc21. The van der Waals surface area contributed by atoms with Crippen LogP contribution in [0.2, 0.25) is 0 Å². The quantitative estimate of drug-likeness (QED) is 0.434. The van der Waals surface area contributed by atoms with E-state index in [1.807, 2.05) is 0 Å². The highest BCUT2D eigenvalue weighted by Gasteiger charge is 2.55. The van der Waals surface area contributed by atoms with Crippen molar-refractivity contribution in [2.75, 3.05) is 12.3 Å².